The first-order valence-electron chi connectivity index (χ1n) is 10.4. The Kier molecular flexibility index (Phi) is 7.11. The van der Waals surface area contributed by atoms with Gasteiger partial charge in [-0.25, -0.2) is 0 Å². The first kappa shape index (κ1) is 21.7. The van der Waals surface area contributed by atoms with Crippen LogP contribution in [0.2, 0.25) is 0 Å². The molecule has 2 atom stereocenters. The van der Waals surface area contributed by atoms with Crippen LogP contribution < -0.4 is 15.4 Å². The number of ether oxygens (including phenoxy) is 2. The van der Waals surface area contributed by atoms with Gasteiger partial charge in [-0.15, -0.1) is 11.8 Å². The highest BCUT2D eigenvalue weighted by Crippen LogP contribution is 2.36. The molecular formula is C23H27N3O4S. The molecule has 0 radical (unpaired) electrons. The molecule has 1 fully saturated rings. The van der Waals surface area contributed by atoms with E-state index in [2.05, 4.69) is 15.5 Å². The summed E-state index contributed by atoms with van der Waals surface area (Å²) < 4.78 is 10.8. The zero-order chi connectivity index (χ0) is 21.6. The molecule has 0 bridgehead atoms. The Morgan fingerprint density at radius 3 is 2.71 bits per heavy atom. The van der Waals surface area contributed by atoms with E-state index in [1.165, 1.54) is 11.8 Å². The van der Waals surface area contributed by atoms with Gasteiger partial charge in [0.05, 0.1) is 37.3 Å². The van der Waals surface area contributed by atoms with Gasteiger partial charge in [0.25, 0.3) is 0 Å². The lowest BCUT2D eigenvalue weighted by atomic mass is 10.0. The van der Waals surface area contributed by atoms with Gasteiger partial charge < -0.3 is 20.1 Å². The van der Waals surface area contributed by atoms with Crippen molar-refractivity contribution in [3.63, 3.8) is 0 Å². The number of rotatable bonds is 7. The van der Waals surface area contributed by atoms with Gasteiger partial charge in [0.2, 0.25) is 11.8 Å². The molecule has 1 saturated heterocycles. The topological polar surface area (TPSA) is 79.9 Å². The molecule has 4 rings (SSSR count). The zero-order valence-corrected chi connectivity index (χ0v) is 18.3. The molecule has 2 aliphatic rings. The largest absolute Gasteiger partial charge is 0.497 e. The van der Waals surface area contributed by atoms with Crippen LogP contribution in [0.25, 0.3) is 0 Å². The molecular weight excluding hydrogens is 414 g/mol. The molecule has 7 nitrogen and oxygen atoms in total. The van der Waals surface area contributed by atoms with Crippen molar-refractivity contribution < 1.29 is 19.1 Å². The van der Waals surface area contributed by atoms with Crippen molar-refractivity contribution in [3.05, 3.63) is 54.1 Å². The summed E-state index contributed by atoms with van der Waals surface area (Å²) in [6, 6.07) is 15.6. The molecule has 8 heteroatoms. The van der Waals surface area contributed by atoms with Crippen LogP contribution in [-0.4, -0.2) is 61.9 Å². The predicted molar refractivity (Wildman–Crippen MR) is 120 cm³/mol. The first-order chi connectivity index (χ1) is 15.1. The summed E-state index contributed by atoms with van der Waals surface area (Å²) in [6.07, 6.45) is 0.142. The van der Waals surface area contributed by atoms with Crippen molar-refractivity contribution in [1.29, 1.82) is 0 Å². The number of amides is 2. The van der Waals surface area contributed by atoms with Gasteiger partial charge in [0.1, 0.15) is 5.75 Å². The number of hydrogen-bond donors (Lipinski definition) is 2. The number of para-hydroxylation sites is 1. The number of methoxy groups -OCH3 is 1. The Morgan fingerprint density at radius 2 is 1.97 bits per heavy atom. The molecule has 0 spiro atoms. The van der Waals surface area contributed by atoms with Crippen LogP contribution in [0.4, 0.5) is 5.69 Å². The summed E-state index contributed by atoms with van der Waals surface area (Å²) in [4.78, 5) is 28.4. The lowest BCUT2D eigenvalue weighted by Crippen LogP contribution is -2.44. The van der Waals surface area contributed by atoms with Crippen LogP contribution >= 0.6 is 11.8 Å². The average Bonchev–Trinajstić information content (AvgIpc) is 2.81. The minimum Gasteiger partial charge on any atom is -0.497 e. The smallest absolute Gasteiger partial charge is 0.238 e. The van der Waals surface area contributed by atoms with E-state index in [1.54, 1.807) is 7.11 Å². The highest BCUT2D eigenvalue weighted by atomic mass is 32.2. The number of nitrogens with zero attached hydrogens (tertiary/aromatic N) is 1. The molecule has 164 valence electrons. The van der Waals surface area contributed by atoms with Gasteiger partial charge in [0.15, 0.2) is 0 Å². The third-order valence-corrected chi connectivity index (χ3v) is 6.83. The number of anilines is 1. The molecule has 0 unspecified atom stereocenters. The van der Waals surface area contributed by atoms with Crippen molar-refractivity contribution in [2.75, 3.05) is 45.3 Å². The minimum atomic E-state index is -0.433. The molecule has 0 aromatic heterocycles. The van der Waals surface area contributed by atoms with Crippen LogP contribution in [0.3, 0.4) is 0 Å². The molecule has 2 N–H and O–H groups in total. The summed E-state index contributed by atoms with van der Waals surface area (Å²) in [6.45, 7) is 3.45. The first-order valence-corrected chi connectivity index (χ1v) is 11.3. The van der Waals surface area contributed by atoms with Crippen LogP contribution in [0, 0.1) is 0 Å². The Balaban J connectivity index is 1.39. The van der Waals surface area contributed by atoms with Crippen LogP contribution in [0.1, 0.15) is 18.0 Å². The fourth-order valence-corrected chi connectivity index (χ4v) is 4.96. The zero-order valence-electron chi connectivity index (χ0n) is 17.5. The summed E-state index contributed by atoms with van der Waals surface area (Å²) in [7, 11) is 1.65. The molecule has 2 aliphatic heterocycles. The van der Waals surface area contributed by atoms with Gasteiger partial charge >= 0.3 is 0 Å². The van der Waals surface area contributed by atoms with Crippen molar-refractivity contribution in [3.8, 4) is 5.75 Å². The standard InChI is InChI=1S/C23H27N3O4S/c1-29-17-8-6-16(7-9-17)19(26-10-12-30-13-11-26)15-24-22(27)14-21-23(28)25-18-4-2-3-5-20(18)31-21/h2-9,19,21H,10-15H2,1H3,(H,24,27)(H,25,28)/t19-,21+/m1/s1. The summed E-state index contributed by atoms with van der Waals surface area (Å²) in [5.41, 5.74) is 1.92. The fourth-order valence-electron chi connectivity index (χ4n) is 3.85. The van der Waals surface area contributed by atoms with E-state index in [-0.39, 0.29) is 24.3 Å². The van der Waals surface area contributed by atoms with E-state index in [9.17, 15) is 9.59 Å². The number of nitrogens with one attached hydrogen (secondary N) is 2. The molecule has 31 heavy (non-hydrogen) atoms. The molecule has 2 aromatic rings. The molecule has 2 amide bonds. The van der Waals surface area contributed by atoms with E-state index < -0.39 is 5.25 Å². The third kappa shape index (κ3) is 5.39. The lowest BCUT2D eigenvalue weighted by Gasteiger charge is -2.35. The number of carbonyl (C=O) groups excluding carboxylic acids is 2. The number of benzene rings is 2. The highest BCUT2D eigenvalue weighted by Gasteiger charge is 2.29. The highest BCUT2D eigenvalue weighted by molar-refractivity contribution is 8.01. The van der Waals surface area contributed by atoms with E-state index in [0.717, 1.165) is 35.0 Å². The Morgan fingerprint density at radius 1 is 1.23 bits per heavy atom. The Bertz CT molecular complexity index is 915. The lowest BCUT2D eigenvalue weighted by molar-refractivity contribution is -0.124. The summed E-state index contributed by atoms with van der Waals surface area (Å²) >= 11 is 1.44. The number of thioether (sulfide) groups is 1. The van der Waals surface area contributed by atoms with Crippen LogP contribution in [0.15, 0.2) is 53.4 Å². The quantitative estimate of drug-likeness (QED) is 0.688. The van der Waals surface area contributed by atoms with E-state index in [1.807, 2.05) is 48.5 Å². The van der Waals surface area contributed by atoms with Gasteiger partial charge in [-0.2, -0.15) is 0 Å². The summed E-state index contributed by atoms with van der Waals surface area (Å²) in [5, 5.41) is 5.52. The van der Waals surface area contributed by atoms with Crippen molar-refractivity contribution in [1.82, 2.24) is 10.2 Å². The van der Waals surface area contributed by atoms with Crippen LogP contribution in [-0.2, 0) is 14.3 Å². The second-order valence-electron chi connectivity index (χ2n) is 7.54. The van der Waals surface area contributed by atoms with Gasteiger partial charge in [-0.05, 0) is 29.8 Å². The Labute approximate surface area is 186 Å². The molecule has 2 aromatic carbocycles. The maximum Gasteiger partial charge on any atom is 0.238 e. The number of hydrogen-bond acceptors (Lipinski definition) is 6. The second kappa shape index (κ2) is 10.2. The van der Waals surface area contributed by atoms with Crippen molar-refractivity contribution in [2.45, 2.75) is 22.6 Å². The maximum absolute atomic E-state index is 12.7. The molecule has 0 saturated carbocycles. The van der Waals surface area contributed by atoms with Gasteiger partial charge in [0, 0.05) is 31.0 Å². The van der Waals surface area contributed by atoms with Gasteiger partial charge in [-0.1, -0.05) is 24.3 Å². The third-order valence-electron chi connectivity index (χ3n) is 5.56. The molecule has 2 heterocycles. The van der Waals surface area contributed by atoms with E-state index in [0.29, 0.717) is 19.8 Å². The predicted octanol–water partition coefficient (Wildman–Crippen LogP) is 2.69. The maximum atomic E-state index is 12.7. The van der Waals surface area contributed by atoms with Crippen LogP contribution in [0.5, 0.6) is 5.75 Å². The van der Waals surface area contributed by atoms with Gasteiger partial charge in [-0.3, -0.25) is 14.5 Å². The number of morpholine rings is 1. The van der Waals surface area contributed by atoms with E-state index in [4.69, 9.17) is 9.47 Å². The van der Waals surface area contributed by atoms with Crippen molar-refractivity contribution >= 4 is 29.3 Å². The fraction of sp³-hybridized carbons (Fsp3) is 0.391. The van der Waals surface area contributed by atoms with Crippen molar-refractivity contribution in [2.24, 2.45) is 0 Å². The molecule has 0 aliphatic carbocycles. The number of carbonyl (C=O) groups is 2. The Hall–Kier alpha value is -2.55. The monoisotopic (exact) mass is 441 g/mol. The number of fused-ring (bicyclic) bond motifs is 1. The van der Waals surface area contributed by atoms with E-state index >= 15 is 0 Å². The summed E-state index contributed by atoms with van der Waals surface area (Å²) in [5.74, 6) is 0.548. The average molecular weight is 442 g/mol. The second-order valence-corrected chi connectivity index (χ2v) is 8.78. The normalized spacial score (nSPS) is 19.8. The SMILES string of the molecule is COc1ccc([C@@H](CNC(=O)C[C@@H]2Sc3ccccc3NC2=O)N2CCOCC2)cc1. The minimum absolute atomic E-state index is 0.0346.